The van der Waals surface area contributed by atoms with E-state index in [4.69, 9.17) is 4.42 Å². The Labute approximate surface area is 81.1 Å². The highest BCUT2D eigenvalue weighted by atomic mass is 16.3. The molecule has 0 aromatic carbocycles. The van der Waals surface area contributed by atoms with Gasteiger partial charge in [0.2, 0.25) is 0 Å². The summed E-state index contributed by atoms with van der Waals surface area (Å²) in [7, 11) is 1.84. The number of hydrogen-bond donors (Lipinski definition) is 0. The minimum absolute atomic E-state index is 0.344. The molecular weight excluding hydrogens is 180 g/mol. The van der Waals surface area contributed by atoms with E-state index in [9.17, 15) is 4.79 Å². The van der Waals surface area contributed by atoms with Gasteiger partial charge in [-0.3, -0.25) is 9.48 Å². The number of hydrogen-bond acceptors (Lipinski definition) is 3. The van der Waals surface area contributed by atoms with Gasteiger partial charge in [0.25, 0.3) is 0 Å². The third-order valence-corrected chi connectivity index (χ3v) is 2.18. The molecule has 0 fully saturated rings. The molecule has 0 aliphatic heterocycles. The first-order valence-electron chi connectivity index (χ1n) is 4.25. The summed E-state index contributed by atoms with van der Waals surface area (Å²) in [6, 6.07) is 1.77. The Hall–Kier alpha value is -1.84. The highest BCUT2D eigenvalue weighted by Crippen LogP contribution is 2.25. The predicted molar refractivity (Wildman–Crippen MR) is 51.0 cm³/mol. The molecular formula is C10H10N2O2. The maximum absolute atomic E-state index is 10.7. The van der Waals surface area contributed by atoms with E-state index in [1.807, 2.05) is 14.0 Å². The van der Waals surface area contributed by atoms with Crippen molar-refractivity contribution in [1.82, 2.24) is 9.78 Å². The molecule has 0 amide bonds. The molecule has 4 heteroatoms. The van der Waals surface area contributed by atoms with Crippen LogP contribution in [0, 0.1) is 6.92 Å². The van der Waals surface area contributed by atoms with Gasteiger partial charge in [0.05, 0.1) is 18.2 Å². The molecule has 0 bridgehead atoms. The Morgan fingerprint density at radius 2 is 2.36 bits per heavy atom. The first-order valence-corrected chi connectivity index (χ1v) is 4.25. The maximum Gasteiger partial charge on any atom is 0.186 e. The zero-order valence-corrected chi connectivity index (χ0v) is 8.02. The van der Waals surface area contributed by atoms with Crippen LogP contribution in [0.5, 0.6) is 0 Å². The lowest BCUT2D eigenvalue weighted by Crippen LogP contribution is -1.95. The number of furan rings is 1. The van der Waals surface area contributed by atoms with Crippen LogP contribution < -0.4 is 0 Å². The van der Waals surface area contributed by atoms with Gasteiger partial charge in [-0.05, 0) is 18.6 Å². The van der Waals surface area contributed by atoms with Crippen molar-refractivity contribution < 1.29 is 9.21 Å². The lowest BCUT2D eigenvalue weighted by molar-refractivity contribution is 0.110. The van der Waals surface area contributed by atoms with Crippen LogP contribution in [0.25, 0.3) is 11.3 Å². The van der Waals surface area contributed by atoms with E-state index in [0.717, 1.165) is 16.8 Å². The summed E-state index contributed by atoms with van der Waals surface area (Å²) in [5.41, 5.74) is 2.73. The van der Waals surface area contributed by atoms with Crippen molar-refractivity contribution in [3.63, 3.8) is 0 Å². The first kappa shape index (κ1) is 8.74. The third-order valence-electron chi connectivity index (χ3n) is 2.18. The summed E-state index contributed by atoms with van der Waals surface area (Å²) in [5.74, 6) is 0.344. The largest absolute Gasteiger partial charge is 0.461 e. The standard InChI is InChI=1S/C10H10N2O2/c1-7-5-11-12(2)10(7)8-3-4-14-9(8)6-13/h3-6H,1-2H3. The molecule has 14 heavy (non-hydrogen) atoms. The molecule has 72 valence electrons. The van der Waals surface area contributed by atoms with E-state index in [0.29, 0.717) is 12.0 Å². The molecule has 2 heterocycles. The van der Waals surface area contributed by atoms with Gasteiger partial charge in [-0.1, -0.05) is 0 Å². The average Bonchev–Trinajstić information content (AvgIpc) is 2.73. The molecule has 0 saturated heterocycles. The average molecular weight is 190 g/mol. The molecule has 0 radical (unpaired) electrons. The predicted octanol–water partition coefficient (Wildman–Crippen LogP) is 1.80. The summed E-state index contributed by atoms with van der Waals surface area (Å²) in [6.07, 6.45) is 3.98. The number of aromatic nitrogens is 2. The summed E-state index contributed by atoms with van der Waals surface area (Å²) in [5, 5.41) is 4.11. The number of carbonyl (C=O) groups is 1. The fourth-order valence-corrected chi connectivity index (χ4v) is 1.54. The second-order valence-corrected chi connectivity index (χ2v) is 3.12. The van der Waals surface area contributed by atoms with Gasteiger partial charge < -0.3 is 4.42 Å². The van der Waals surface area contributed by atoms with Gasteiger partial charge >= 0.3 is 0 Å². The Kier molecular flexibility index (Phi) is 1.96. The van der Waals surface area contributed by atoms with Gasteiger partial charge in [0.15, 0.2) is 12.0 Å². The van der Waals surface area contributed by atoms with Gasteiger partial charge in [0, 0.05) is 12.6 Å². The van der Waals surface area contributed by atoms with Crippen LogP contribution in [0.2, 0.25) is 0 Å². The van der Waals surface area contributed by atoms with Crippen LogP contribution in [0.1, 0.15) is 16.1 Å². The number of aryl methyl sites for hydroxylation is 2. The monoisotopic (exact) mass is 190 g/mol. The number of aldehydes is 1. The fourth-order valence-electron chi connectivity index (χ4n) is 1.54. The Balaban J connectivity index is 2.64. The van der Waals surface area contributed by atoms with Crippen molar-refractivity contribution in [2.45, 2.75) is 6.92 Å². The highest BCUT2D eigenvalue weighted by molar-refractivity contribution is 5.83. The van der Waals surface area contributed by atoms with Crippen LogP contribution in [0.15, 0.2) is 22.9 Å². The molecule has 0 spiro atoms. The Morgan fingerprint density at radius 3 is 2.93 bits per heavy atom. The maximum atomic E-state index is 10.7. The van der Waals surface area contributed by atoms with Crippen molar-refractivity contribution in [2.24, 2.45) is 7.05 Å². The number of rotatable bonds is 2. The van der Waals surface area contributed by atoms with Crippen LogP contribution >= 0.6 is 0 Å². The lowest BCUT2D eigenvalue weighted by atomic mass is 10.1. The van der Waals surface area contributed by atoms with Gasteiger partial charge in [-0.15, -0.1) is 0 Å². The van der Waals surface area contributed by atoms with Crippen molar-refractivity contribution >= 4 is 6.29 Å². The van der Waals surface area contributed by atoms with E-state index in [-0.39, 0.29) is 0 Å². The van der Waals surface area contributed by atoms with Gasteiger partial charge in [0.1, 0.15) is 0 Å². The molecule has 0 N–H and O–H groups in total. The summed E-state index contributed by atoms with van der Waals surface area (Å²) < 4.78 is 6.77. The topological polar surface area (TPSA) is 48.0 Å². The molecule has 2 aromatic rings. The van der Waals surface area contributed by atoms with Crippen LogP contribution in [0.4, 0.5) is 0 Å². The molecule has 0 aliphatic rings. The SMILES string of the molecule is Cc1cnn(C)c1-c1ccoc1C=O. The normalized spacial score (nSPS) is 10.4. The summed E-state index contributed by atoms with van der Waals surface area (Å²) in [6.45, 7) is 1.95. The summed E-state index contributed by atoms with van der Waals surface area (Å²) in [4.78, 5) is 10.7. The zero-order valence-electron chi connectivity index (χ0n) is 8.02. The van der Waals surface area contributed by atoms with Crippen molar-refractivity contribution in [2.75, 3.05) is 0 Å². The first-order chi connectivity index (χ1) is 6.74. The molecule has 0 atom stereocenters. The minimum atomic E-state index is 0.344. The second kappa shape index (κ2) is 3.14. The van der Waals surface area contributed by atoms with Crippen molar-refractivity contribution in [3.05, 3.63) is 29.9 Å². The van der Waals surface area contributed by atoms with Crippen LogP contribution in [-0.4, -0.2) is 16.1 Å². The third kappa shape index (κ3) is 1.16. The molecule has 0 saturated carbocycles. The zero-order chi connectivity index (χ0) is 10.1. The van der Waals surface area contributed by atoms with Crippen molar-refractivity contribution in [3.8, 4) is 11.3 Å². The summed E-state index contributed by atoms with van der Waals surface area (Å²) >= 11 is 0. The fraction of sp³-hybridized carbons (Fsp3) is 0.200. The number of nitrogens with zero attached hydrogens (tertiary/aromatic N) is 2. The molecule has 2 aromatic heterocycles. The molecule has 0 unspecified atom stereocenters. The van der Waals surface area contributed by atoms with E-state index < -0.39 is 0 Å². The van der Waals surface area contributed by atoms with Gasteiger partial charge in [-0.2, -0.15) is 5.10 Å². The quantitative estimate of drug-likeness (QED) is 0.678. The Morgan fingerprint density at radius 1 is 1.57 bits per heavy atom. The van der Waals surface area contributed by atoms with Crippen LogP contribution in [0.3, 0.4) is 0 Å². The second-order valence-electron chi connectivity index (χ2n) is 3.12. The highest BCUT2D eigenvalue weighted by Gasteiger charge is 2.13. The van der Waals surface area contributed by atoms with E-state index >= 15 is 0 Å². The smallest absolute Gasteiger partial charge is 0.186 e. The van der Waals surface area contributed by atoms with Gasteiger partial charge in [-0.25, -0.2) is 0 Å². The lowest BCUT2D eigenvalue weighted by Gasteiger charge is -2.00. The molecule has 2 rings (SSSR count). The number of carbonyl (C=O) groups excluding carboxylic acids is 1. The minimum Gasteiger partial charge on any atom is -0.461 e. The van der Waals surface area contributed by atoms with E-state index in [1.165, 1.54) is 6.26 Å². The van der Waals surface area contributed by atoms with E-state index in [2.05, 4.69) is 5.10 Å². The van der Waals surface area contributed by atoms with Crippen LogP contribution in [-0.2, 0) is 7.05 Å². The Bertz CT molecular complexity index is 449. The molecule has 0 aliphatic carbocycles. The van der Waals surface area contributed by atoms with E-state index in [1.54, 1.807) is 16.9 Å². The van der Waals surface area contributed by atoms with Crippen molar-refractivity contribution in [1.29, 1.82) is 0 Å². The molecule has 4 nitrogen and oxygen atoms in total.